The van der Waals surface area contributed by atoms with E-state index < -0.39 is 16.8 Å². The van der Waals surface area contributed by atoms with Crippen LogP contribution in [0.1, 0.15) is 12.0 Å². The molecule has 0 aromatic heterocycles. The van der Waals surface area contributed by atoms with Crippen molar-refractivity contribution in [3.8, 4) is 11.1 Å². The molecule has 8 nitrogen and oxygen atoms in total. The molecule has 9 heteroatoms. The standard InChI is InChI=1S/C20H22N4O4S/c1-29(28)17-12-15(13-2-4-14(5-3-13)19(21)22)6-7-16(17)24-11-10-23(20(24)27)9-8-18(25)26/h2-7,12H,8-11H2,1H3,(H3,21,22)(H,25,26). The van der Waals surface area contributed by atoms with Crippen LogP contribution in [0.5, 0.6) is 0 Å². The molecule has 1 unspecified atom stereocenters. The number of anilines is 1. The molecule has 0 aliphatic carbocycles. The van der Waals surface area contributed by atoms with E-state index in [0.29, 0.717) is 29.2 Å². The number of amidine groups is 1. The van der Waals surface area contributed by atoms with Gasteiger partial charge in [-0.3, -0.25) is 19.3 Å². The highest BCUT2D eigenvalue weighted by Gasteiger charge is 2.31. The van der Waals surface area contributed by atoms with Gasteiger partial charge in [0, 0.05) is 31.5 Å². The topological polar surface area (TPSA) is 128 Å². The number of hydrogen-bond donors (Lipinski definition) is 3. The minimum absolute atomic E-state index is 0.0118. The maximum Gasteiger partial charge on any atom is 0.324 e. The monoisotopic (exact) mass is 414 g/mol. The summed E-state index contributed by atoms with van der Waals surface area (Å²) in [6.45, 7) is 0.987. The minimum atomic E-state index is -1.33. The van der Waals surface area contributed by atoms with E-state index in [9.17, 15) is 13.8 Å². The molecule has 1 aliphatic rings. The number of carbonyl (C=O) groups excluding carboxylic acids is 1. The van der Waals surface area contributed by atoms with Crippen molar-refractivity contribution >= 4 is 34.3 Å². The molecule has 1 heterocycles. The second-order valence-electron chi connectivity index (χ2n) is 6.69. The van der Waals surface area contributed by atoms with Gasteiger partial charge in [0.1, 0.15) is 5.84 Å². The second-order valence-corrected chi connectivity index (χ2v) is 8.04. The van der Waals surface area contributed by atoms with E-state index in [1.807, 2.05) is 18.2 Å². The zero-order valence-electron chi connectivity index (χ0n) is 15.9. The smallest absolute Gasteiger partial charge is 0.324 e. The first-order valence-corrected chi connectivity index (χ1v) is 10.5. The number of carbonyl (C=O) groups is 2. The maximum atomic E-state index is 12.7. The SMILES string of the molecule is CS(=O)c1cc(-c2ccc(C(=N)N)cc2)ccc1N1CCN(CCC(=O)O)C1=O. The first-order valence-electron chi connectivity index (χ1n) is 8.98. The molecule has 2 aromatic carbocycles. The molecule has 4 N–H and O–H groups in total. The number of rotatable bonds is 7. The van der Waals surface area contributed by atoms with Crippen molar-refractivity contribution < 1.29 is 18.9 Å². The Morgan fingerprint density at radius 2 is 1.83 bits per heavy atom. The van der Waals surface area contributed by atoms with E-state index in [2.05, 4.69) is 0 Å². The number of nitrogen functional groups attached to an aromatic ring is 1. The highest BCUT2D eigenvalue weighted by molar-refractivity contribution is 7.84. The lowest BCUT2D eigenvalue weighted by atomic mass is 10.0. The fourth-order valence-electron chi connectivity index (χ4n) is 3.23. The summed E-state index contributed by atoms with van der Waals surface area (Å²) in [5.74, 6) is -0.964. The van der Waals surface area contributed by atoms with Gasteiger partial charge in [-0.2, -0.15) is 0 Å². The molecular formula is C20H22N4O4S. The van der Waals surface area contributed by atoms with Crippen LogP contribution in [0.15, 0.2) is 47.4 Å². The van der Waals surface area contributed by atoms with Crippen LogP contribution in [0.2, 0.25) is 0 Å². The van der Waals surface area contributed by atoms with Gasteiger partial charge in [-0.15, -0.1) is 0 Å². The molecule has 0 radical (unpaired) electrons. The molecule has 0 spiro atoms. The Balaban J connectivity index is 1.89. The summed E-state index contributed by atoms with van der Waals surface area (Å²) in [5, 5.41) is 16.3. The third-order valence-corrected chi connectivity index (χ3v) is 5.73. The number of amides is 2. The Labute approximate surface area is 170 Å². The van der Waals surface area contributed by atoms with Gasteiger partial charge >= 0.3 is 12.0 Å². The van der Waals surface area contributed by atoms with E-state index in [1.54, 1.807) is 35.4 Å². The van der Waals surface area contributed by atoms with E-state index >= 15 is 0 Å². The molecule has 1 fully saturated rings. The summed E-state index contributed by atoms with van der Waals surface area (Å²) in [5.41, 5.74) is 8.39. The number of aliphatic carboxylic acids is 1. The van der Waals surface area contributed by atoms with E-state index in [1.165, 1.54) is 4.90 Å². The predicted molar refractivity (Wildman–Crippen MR) is 112 cm³/mol. The molecule has 2 amide bonds. The number of carboxylic acids is 1. The number of hydrogen-bond acceptors (Lipinski definition) is 4. The zero-order chi connectivity index (χ0) is 21.1. The lowest BCUT2D eigenvalue weighted by Crippen LogP contribution is -2.33. The van der Waals surface area contributed by atoms with E-state index in [-0.39, 0.29) is 24.8 Å². The van der Waals surface area contributed by atoms with Crippen LogP contribution in [0.3, 0.4) is 0 Å². The van der Waals surface area contributed by atoms with Gasteiger partial charge in [0.25, 0.3) is 0 Å². The first-order chi connectivity index (χ1) is 13.8. The van der Waals surface area contributed by atoms with Crippen molar-refractivity contribution in [2.75, 3.05) is 30.8 Å². The Bertz CT molecular complexity index is 990. The maximum absolute atomic E-state index is 12.7. The van der Waals surface area contributed by atoms with Crippen LogP contribution in [-0.4, -0.2) is 57.9 Å². The van der Waals surface area contributed by atoms with Crippen molar-refractivity contribution in [1.29, 1.82) is 5.41 Å². The molecule has 2 aromatic rings. The van der Waals surface area contributed by atoms with Crippen molar-refractivity contribution in [2.45, 2.75) is 11.3 Å². The second kappa shape index (κ2) is 8.44. The Kier molecular flexibility index (Phi) is 5.97. The van der Waals surface area contributed by atoms with Crippen LogP contribution in [0, 0.1) is 5.41 Å². The molecule has 1 saturated heterocycles. The van der Waals surface area contributed by atoms with Gasteiger partial charge in [0.2, 0.25) is 0 Å². The van der Waals surface area contributed by atoms with Crippen LogP contribution >= 0.6 is 0 Å². The zero-order valence-corrected chi connectivity index (χ0v) is 16.7. The normalized spacial score (nSPS) is 14.9. The average molecular weight is 414 g/mol. The van der Waals surface area contributed by atoms with Gasteiger partial charge in [-0.1, -0.05) is 30.3 Å². The number of carboxylic acid groups (broad SMARTS) is 1. The summed E-state index contributed by atoms with van der Waals surface area (Å²) in [6.07, 6.45) is 1.45. The van der Waals surface area contributed by atoms with Gasteiger partial charge in [0.15, 0.2) is 0 Å². The lowest BCUT2D eigenvalue weighted by molar-refractivity contribution is -0.137. The Hall–Kier alpha value is -3.20. The Morgan fingerprint density at radius 1 is 1.17 bits per heavy atom. The van der Waals surface area contributed by atoms with E-state index in [0.717, 1.165) is 11.1 Å². The summed E-state index contributed by atoms with van der Waals surface area (Å²) >= 11 is 0. The first kappa shape index (κ1) is 20.5. The molecule has 3 rings (SSSR count). The van der Waals surface area contributed by atoms with Crippen molar-refractivity contribution in [1.82, 2.24) is 4.90 Å². The highest BCUT2D eigenvalue weighted by Crippen LogP contribution is 2.32. The van der Waals surface area contributed by atoms with Crippen molar-refractivity contribution in [3.05, 3.63) is 48.0 Å². The van der Waals surface area contributed by atoms with Crippen LogP contribution in [0.25, 0.3) is 11.1 Å². The quantitative estimate of drug-likeness (QED) is 0.472. The summed E-state index contributed by atoms with van der Waals surface area (Å²) < 4.78 is 12.4. The van der Waals surface area contributed by atoms with Gasteiger partial charge in [-0.25, -0.2) is 4.79 Å². The predicted octanol–water partition coefficient (Wildman–Crippen LogP) is 2.09. The third kappa shape index (κ3) is 4.45. The number of urea groups is 1. The third-order valence-electron chi connectivity index (χ3n) is 4.78. The largest absolute Gasteiger partial charge is 0.481 e. The summed E-state index contributed by atoms with van der Waals surface area (Å²) in [6, 6.07) is 12.3. The molecule has 152 valence electrons. The number of nitrogens with one attached hydrogen (secondary N) is 1. The minimum Gasteiger partial charge on any atom is -0.481 e. The number of nitrogens with two attached hydrogens (primary N) is 1. The van der Waals surface area contributed by atoms with Crippen molar-refractivity contribution in [2.24, 2.45) is 5.73 Å². The average Bonchev–Trinajstić information content (AvgIpc) is 3.06. The Morgan fingerprint density at radius 3 is 2.41 bits per heavy atom. The molecule has 0 bridgehead atoms. The number of nitrogens with zero attached hydrogens (tertiary/aromatic N) is 2. The molecular weight excluding hydrogens is 392 g/mol. The van der Waals surface area contributed by atoms with Crippen LogP contribution in [-0.2, 0) is 15.6 Å². The molecule has 1 atom stereocenters. The van der Waals surface area contributed by atoms with Crippen molar-refractivity contribution in [3.63, 3.8) is 0 Å². The van der Waals surface area contributed by atoms with Gasteiger partial charge < -0.3 is 15.7 Å². The molecule has 1 aliphatic heterocycles. The molecule has 29 heavy (non-hydrogen) atoms. The fraction of sp³-hybridized carbons (Fsp3) is 0.250. The van der Waals surface area contributed by atoms with E-state index in [4.69, 9.17) is 16.2 Å². The van der Waals surface area contributed by atoms with Gasteiger partial charge in [-0.05, 0) is 23.3 Å². The van der Waals surface area contributed by atoms with Crippen LogP contribution in [0.4, 0.5) is 10.5 Å². The van der Waals surface area contributed by atoms with Gasteiger partial charge in [0.05, 0.1) is 27.8 Å². The van der Waals surface area contributed by atoms with Crippen LogP contribution < -0.4 is 10.6 Å². The fourth-order valence-corrected chi connectivity index (χ4v) is 4.00. The lowest BCUT2D eigenvalue weighted by Gasteiger charge is -2.21. The summed E-state index contributed by atoms with van der Waals surface area (Å²) in [7, 11) is -1.33. The number of benzene rings is 2. The molecule has 0 saturated carbocycles. The summed E-state index contributed by atoms with van der Waals surface area (Å²) in [4.78, 5) is 27.0. The highest BCUT2D eigenvalue weighted by atomic mass is 32.2.